The fourth-order valence-electron chi connectivity index (χ4n) is 2.22. The molecule has 2 rings (SSSR count). The number of hydrogen-bond donors (Lipinski definition) is 1. The molecule has 0 atom stereocenters. The molecule has 0 bridgehead atoms. The topological polar surface area (TPSA) is 24.5 Å². The zero-order valence-corrected chi connectivity index (χ0v) is 12.0. The molecular formula is C16H24N2O. The maximum atomic E-state index is 5.79. The first-order valence-corrected chi connectivity index (χ1v) is 7.02. The van der Waals surface area contributed by atoms with Gasteiger partial charge in [0.25, 0.3) is 0 Å². The molecule has 0 unspecified atom stereocenters. The lowest BCUT2D eigenvalue weighted by molar-refractivity contribution is 0.219. The van der Waals surface area contributed by atoms with Crippen molar-refractivity contribution in [3.63, 3.8) is 0 Å². The summed E-state index contributed by atoms with van der Waals surface area (Å²) in [6.07, 6.45) is 3.51. The zero-order valence-electron chi connectivity index (χ0n) is 12.0. The molecule has 1 aliphatic heterocycles. The molecule has 3 heteroatoms. The molecule has 0 aliphatic carbocycles. The van der Waals surface area contributed by atoms with Crippen LogP contribution >= 0.6 is 0 Å². The Balaban J connectivity index is 1.70. The van der Waals surface area contributed by atoms with Gasteiger partial charge in [-0.1, -0.05) is 23.8 Å². The minimum absolute atomic E-state index is 0.762. The predicted octanol–water partition coefficient (Wildman–Crippen LogP) is 2.44. The van der Waals surface area contributed by atoms with Crippen LogP contribution in [0.3, 0.4) is 0 Å². The van der Waals surface area contributed by atoms with E-state index < -0.39 is 0 Å². The fraction of sp³-hybridized carbons (Fsp3) is 0.500. The summed E-state index contributed by atoms with van der Waals surface area (Å²) >= 11 is 0. The van der Waals surface area contributed by atoms with Crippen LogP contribution in [0.25, 0.3) is 0 Å². The first-order chi connectivity index (χ1) is 9.28. The minimum atomic E-state index is 0.762. The second-order valence-electron chi connectivity index (χ2n) is 5.12. The summed E-state index contributed by atoms with van der Waals surface area (Å²) in [7, 11) is 1.96. The third kappa shape index (κ3) is 4.69. The summed E-state index contributed by atoms with van der Waals surface area (Å²) in [4.78, 5) is 2.43. The molecule has 0 spiro atoms. The largest absolute Gasteiger partial charge is 0.492 e. The maximum absolute atomic E-state index is 5.79. The molecule has 1 aliphatic rings. The van der Waals surface area contributed by atoms with Gasteiger partial charge in [0.15, 0.2) is 0 Å². The van der Waals surface area contributed by atoms with Crippen LogP contribution in [0.1, 0.15) is 18.9 Å². The highest BCUT2D eigenvalue weighted by Gasteiger charge is 2.08. The van der Waals surface area contributed by atoms with Crippen LogP contribution in [0.2, 0.25) is 0 Å². The van der Waals surface area contributed by atoms with Gasteiger partial charge in [-0.15, -0.1) is 0 Å². The van der Waals surface area contributed by atoms with Gasteiger partial charge in [-0.3, -0.25) is 4.90 Å². The second kappa shape index (κ2) is 7.31. The van der Waals surface area contributed by atoms with E-state index in [-0.39, 0.29) is 0 Å². The molecule has 0 fully saturated rings. The molecule has 0 aromatic heterocycles. The maximum Gasteiger partial charge on any atom is 0.119 e. The predicted molar refractivity (Wildman–Crippen MR) is 79.5 cm³/mol. The molecule has 19 heavy (non-hydrogen) atoms. The third-order valence-electron chi connectivity index (χ3n) is 3.50. The van der Waals surface area contributed by atoms with Crippen LogP contribution in [-0.2, 0) is 6.54 Å². The van der Waals surface area contributed by atoms with Crippen molar-refractivity contribution in [1.82, 2.24) is 10.2 Å². The minimum Gasteiger partial charge on any atom is -0.492 e. The quantitative estimate of drug-likeness (QED) is 0.795. The Morgan fingerprint density at radius 2 is 2.05 bits per heavy atom. The van der Waals surface area contributed by atoms with Crippen molar-refractivity contribution >= 4 is 0 Å². The molecule has 0 amide bonds. The molecule has 3 nitrogen and oxygen atoms in total. The Hall–Kier alpha value is -1.32. The molecule has 1 aromatic rings. The number of nitrogens with zero attached hydrogens (tertiary/aromatic N) is 1. The van der Waals surface area contributed by atoms with E-state index in [2.05, 4.69) is 35.3 Å². The third-order valence-corrected chi connectivity index (χ3v) is 3.50. The Labute approximate surface area is 116 Å². The number of rotatable bonds is 6. The van der Waals surface area contributed by atoms with E-state index in [4.69, 9.17) is 4.74 Å². The van der Waals surface area contributed by atoms with Crippen molar-refractivity contribution < 1.29 is 4.74 Å². The summed E-state index contributed by atoms with van der Waals surface area (Å²) in [5, 5.41) is 3.14. The molecule has 1 heterocycles. The molecule has 0 radical (unpaired) electrons. The summed E-state index contributed by atoms with van der Waals surface area (Å²) < 4.78 is 5.79. The van der Waals surface area contributed by atoms with Gasteiger partial charge in [0.05, 0.1) is 0 Å². The van der Waals surface area contributed by atoms with Gasteiger partial charge in [-0.2, -0.15) is 0 Å². The van der Waals surface area contributed by atoms with Gasteiger partial charge in [-0.05, 0) is 38.1 Å². The van der Waals surface area contributed by atoms with Gasteiger partial charge >= 0.3 is 0 Å². The van der Waals surface area contributed by atoms with Crippen molar-refractivity contribution in [3.8, 4) is 5.75 Å². The van der Waals surface area contributed by atoms with Crippen LogP contribution in [0, 0.1) is 0 Å². The number of hydrogen-bond acceptors (Lipinski definition) is 3. The lowest BCUT2D eigenvalue weighted by atomic mass is 10.1. The highest BCUT2D eigenvalue weighted by atomic mass is 16.5. The van der Waals surface area contributed by atoms with Crippen LogP contribution < -0.4 is 10.1 Å². The van der Waals surface area contributed by atoms with Crippen molar-refractivity contribution in [2.75, 3.05) is 33.3 Å². The van der Waals surface area contributed by atoms with E-state index in [0.29, 0.717) is 0 Å². The lowest BCUT2D eigenvalue weighted by Gasteiger charge is -2.25. The Morgan fingerprint density at radius 3 is 2.68 bits per heavy atom. The molecule has 1 N–H and O–H groups in total. The zero-order chi connectivity index (χ0) is 13.5. The van der Waals surface area contributed by atoms with Crippen molar-refractivity contribution in [2.45, 2.75) is 19.9 Å². The lowest BCUT2D eigenvalue weighted by Crippen LogP contribution is -2.32. The second-order valence-corrected chi connectivity index (χ2v) is 5.12. The first kappa shape index (κ1) is 14.1. The fourth-order valence-corrected chi connectivity index (χ4v) is 2.22. The Kier molecular flexibility index (Phi) is 5.43. The standard InChI is InChI=1S/C16H24N2O/c1-14-7-9-18(10-8-14)11-12-19-16-5-3-15(4-6-16)13-17-2/h3-7,17H,8-13H2,1-2H3. The van der Waals surface area contributed by atoms with Crippen molar-refractivity contribution in [3.05, 3.63) is 41.5 Å². The molecule has 104 valence electrons. The van der Waals surface area contributed by atoms with E-state index >= 15 is 0 Å². The van der Waals surface area contributed by atoms with Crippen LogP contribution in [0.5, 0.6) is 5.75 Å². The highest BCUT2D eigenvalue weighted by molar-refractivity contribution is 5.27. The van der Waals surface area contributed by atoms with Crippen molar-refractivity contribution in [1.29, 1.82) is 0 Å². The summed E-state index contributed by atoms with van der Waals surface area (Å²) in [6, 6.07) is 8.32. The molecule has 0 saturated heterocycles. The van der Waals surface area contributed by atoms with Gasteiger partial charge in [-0.25, -0.2) is 0 Å². The molecule has 1 aromatic carbocycles. The Bertz CT molecular complexity index is 411. The van der Waals surface area contributed by atoms with E-state index in [0.717, 1.165) is 38.5 Å². The van der Waals surface area contributed by atoms with Crippen molar-refractivity contribution in [2.24, 2.45) is 0 Å². The smallest absolute Gasteiger partial charge is 0.119 e. The monoisotopic (exact) mass is 260 g/mol. The average Bonchev–Trinajstić information content (AvgIpc) is 2.43. The van der Waals surface area contributed by atoms with Crippen LogP contribution in [0.15, 0.2) is 35.9 Å². The summed E-state index contributed by atoms with van der Waals surface area (Å²) in [5.41, 5.74) is 2.80. The van der Waals surface area contributed by atoms with E-state index in [1.807, 2.05) is 19.2 Å². The van der Waals surface area contributed by atoms with Crippen LogP contribution in [0.4, 0.5) is 0 Å². The first-order valence-electron chi connectivity index (χ1n) is 7.02. The van der Waals surface area contributed by atoms with Crippen LogP contribution in [-0.4, -0.2) is 38.2 Å². The summed E-state index contributed by atoms with van der Waals surface area (Å²) in [5.74, 6) is 0.962. The van der Waals surface area contributed by atoms with Gasteiger partial charge in [0, 0.05) is 26.2 Å². The Morgan fingerprint density at radius 1 is 1.26 bits per heavy atom. The molecular weight excluding hydrogens is 236 g/mol. The number of benzene rings is 1. The highest BCUT2D eigenvalue weighted by Crippen LogP contribution is 2.13. The molecule has 0 saturated carbocycles. The van der Waals surface area contributed by atoms with Gasteiger partial charge < -0.3 is 10.1 Å². The number of ether oxygens (including phenoxy) is 1. The van der Waals surface area contributed by atoms with E-state index in [1.54, 1.807) is 0 Å². The summed E-state index contributed by atoms with van der Waals surface area (Å²) in [6.45, 7) is 7.10. The van der Waals surface area contributed by atoms with Gasteiger partial charge in [0.2, 0.25) is 0 Å². The number of nitrogens with one attached hydrogen (secondary N) is 1. The van der Waals surface area contributed by atoms with Gasteiger partial charge in [0.1, 0.15) is 12.4 Å². The van der Waals surface area contributed by atoms with E-state index in [9.17, 15) is 0 Å². The SMILES string of the molecule is CNCc1ccc(OCCN2CC=C(C)CC2)cc1. The van der Waals surface area contributed by atoms with E-state index in [1.165, 1.54) is 17.6 Å². The average molecular weight is 260 g/mol. The normalized spacial score (nSPS) is 16.2.